The maximum absolute atomic E-state index is 13.9. The summed E-state index contributed by atoms with van der Waals surface area (Å²) in [5.41, 5.74) is -0.390. The van der Waals surface area contributed by atoms with Crippen LogP contribution in [0.15, 0.2) is 36.5 Å². The number of nitrogens with zero attached hydrogens (tertiary/aromatic N) is 1. The number of carbonyl (C=O) groups is 2. The van der Waals surface area contributed by atoms with Gasteiger partial charge in [-0.2, -0.15) is 0 Å². The Morgan fingerprint density at radius 1 is 1.15 bits per heavy atom. The molecule has 0 aliphatic heterocycles. The molecule has 0 saturated carbocycles. The second-order valence-electron chi connectivity index (χ2n) is 3.74. The predicted molar refractivity (Wildman–Crippen MR) is 73.8 cm³/mol. The van der Waals surface area contributed by atoms with Crippen LogP contribution in [-0.2, 0) is 0 Å². The van der Waals surface area contributed by atoms with Crippen molar-refractivity contribution in [2.45, 2.75) is 0 Å². The topological polar surface area (TPSA) is 59.1 Å². The van der Waals surface area contributed by atoms with Crippen molar-refractivity contribution >= 4 is 40.0 Å². The lowest BCUT2D eigenvalue weighted by molar-refractivity contribution is 0.102. The number of carbonyl (C=O) groups excluding carboxylic acids is 2. The predicted octanol–water partition coefficient (Wildman–Crippen LogP) is 3.51. The highest BCUT2D eigenvalue weighted by Crippen LogP contribution is 2.21. The Labute approximate surface area is 123 Å². The van der Waals surface area contributed by atoms with Crippen molar-refractivity contribution in [1.82, 2.24) is 4.98 Å². The van der Waals surface area contributed by atoms with E-state index in [-0.39, 0.29) is 22.0 Å². The summed E-state index contributed by atoms with van der Waals surface area (Å²) in [4.78, 5) is 26.7. The van der Waals surface area contributed by atoms with Crippen LogP contribution in [-0.4, -0.2) is 16.1 Å². The van der Waals surface area contributed by atoms with Gasteiger partial charge in [0.2, 0.25) is 0 Å². The number of amides is 1. The zero-order valence-corrected chi connectivity index (χ0v) is 11.4. The van der Waals surface area contributed by atoms with Gasteiger partial charge in [-0.3, -0.25) is 9.59 Å². The van der Waals surface area contributed by atoms with E-state index in [9.17, 15) is 14.0 Å². The number of rotatable bonds is 3. The molecule has 2 aromatic rings. The van der Waals surface area contributed by atoms with Crippen molar-refractivity contribution in [3.63, 3.8) is 0 Å². The molecule has 0 atom stereocenters. The Morgan fingerprint density at radius 3 is 2.50 bits per heavy atom. The van der Waals surface area contributed by atoms with Crippen LogP contribution in [0, 0.1) is 5.82 Å². The molecule has 1 aromatic heterocycles. The molecule has 0 radical (unpaired) electrons. The van der Waals surface area contributed by atoms with Gasteiger partial charge in [0.15, 0.2) is 5.82 Å². The van der Waals surface area contributed by atoms with Crippen LogP contribution in [0.4, 0.5) is 10.1 Å². The van der Waals surface area contributed by atoms with Crippen LogP contribution in [0.5, 0.6) is 0 Å². The summed E-state index contributed by atoms with van der Waals surface area (Å²) >= 11 is 11.0. The van der Waals surface area contributed by atoms with Crippen molar-refractivity contribution < 1.29 is 14.0 Å². The van der Waals surface area contributed by atoms with Crippen molar-refractivity contribution in [3.8, 4) is 0 Å². The fraction of sp³-hybridized carbons (Fsp3) is 0. The normalized spacial score (nSPS) is 10.2. The minimum atomic E-state index is -0.946. The fourth-order valence-corrected chi connectivity index (χ4v) is 1.88. The van der Waals surface area contributed by atoms with Gasteiger partial charge in [-0.1, -0.05) is 17.7 Å². The average Bonchev–Trinajstić information content (AvgIpc) is 2.41. The SMILES string of the molecule is O=C(Nc1cccc(C(=O)Cl)c1F)c1cccnc1Cl. The van der Waals surface area contributed by atoms with Crippen LogP contribution < -0.4 is 5.32 Å². The first-order chi connectivity index (χ1) is 9.50. The van der Waals surface area contributed by atoms with E-state index in [1.165, 1.54) is 36.5 Å². The van der Waals surface area contributed by atoms with Gasteiger partial charge in [0, 0.05) is 6.20 Å². The van der Waals surface area contributed by atoms with Crippen molar-refractivity contribution in [1.29, 1.82) is 0 Å². The fourth-order valence-electron chi connectivity index (χ4n) is 1.53. The molecule has 0 aliphatic rings. The van der Waals surface area contributed by atoms with Crippen molar-refractivity contribution in [2.75, 3.05) is 5.32 Å². The molecule has 20 heavy (non-hydrogen) atoms. The summed E-state index contributed by atoms with van der Waals surface area (Å²) in [5, 5.41) is 1.36. The van der Waals surface area contributed by atoms with Crippen molar-refractivity contribution in [2.24, 2.45) is 0 Å². The Hall–Kier alpha value is -1.98. The third kappa shape index (κ3) is 2.95. The molecule has 0 bridgehead atoms. The maximum atomic E-state index is 13.9. The number of hydrogen-bond acceptors (Lipinski definition) is 3. The quantitative estimate of drug-likeness (QED) is 0.697. The molecule has 1 aromatic carbocycles. The first kappa shape index (κ1) is 14.4. The number of aromatic nitrogens is 1. The summed E-state index contributed by atoms with van der Waals surface area (Å²) in [6.45, 7) is 0. The Kier molecular flexibility index (Phi) is 4.32. The first-order valence-electron chi connectivity index (χ1n) is 5.41. The molecule has 2 rings (SSSR count). The zero-order chi connectivity index (χ0) is 14.7. The molecular weight excluding hydrogens is 306 g/mol. The Morgan fingerprint density at radius 2 is 1.85 bits per heavy atom. The monoisotopic (exact) mass is 312 g/mol. The molecule has 7 heteroatoms. The van der Waals surface area contributed by atoms with Gasteiger partial charge in [-0.15, -0.1) is 0 Å². The number of nitrogens with one attached hydrogen (secondary N) is 1. The van der Waals surface area contributed by atoms with Crippen LogP contribution in [0.2, 0.25) is 5.15 Å². The minimum absolute atomic E-state index is 0.00465. The number of pyridine rings is 1. The lowest BCUT2D eigenvalue weighted by Gasteiger charge is -2.08. The van der Waals surface area contributed by atoms with Crippen molar-refractivity contribution in [3.05, 3.63) is 58.6 Å². The van der Waals surface area contributed by atoms with E-state index in [1.807, 2.05) is 0 Å². The summed E-state index contributed by atoms with van der Waals surface area (Å²) in [7, 11) is 0. The number of halogens is 3. The maximum Gasteiger partial charge on any atom is 0.258 e. The second kappa shape index (κ2) is 5.98. The lowest BCUT2D eigenvalue weighted by atomic mass is 10.2. The third-order valence-corrected chi connectivity index (χ3v) is 2.97. The van der Waals surface area contributed by atoms with Crippen LogP contribution in [0.25, 0.3) is 0 Å². The minimum Gasteiger partial charge on any atom is -0.319 e. The van der Waals surface area contributed by atoms with Gasteiger partial charge < -0.3 is 5.32 Å². The van der Waals surface area contributed by atoms with Crippen LogP contribution >= 0.6 is 23.2 Å². The number of hydrogen-bond donors (Lipinski definition) is 1. The standard InChI is InChI=1S/C13H7Cl2FN2O2/c14-11-8(4-2-6-17-11)13(20)18-9-5-1-3-7(10(9)16)12(15)19/h1-6H,(H,18,20). The zero-order valence-electron chi connectivity index (χ0n) is 9.86. The molecule has 0 aliphatic carbocycles. The molecule has 102 valence electrons. The molecule has 0 spiro atoms. The number of benzene rings is 1. The summed E-state index contributed by atoms with van der Waals surface area (Å²) < 4.78 is 13.9. The molecule has 1 amide bonds. The molecule has 0 saturated heterocycles. The summed E-state index contributed by atoms with van der Waals surface area (Å²) in [6.07, 6.45) is 1.42. The molecule has 1 heterocycles. The number of anilines is 1. The largest absolute Gasteiger partial charge is 0.319 e. The lowest BCUT2D eigenvalue weighted by Crippen LogP contribution is -2.14. The highest BCUT2D eigenvalue weighted by molar-refractivity contribution is 6.67. The van der Waals surface area contributed by atoms with Crippen LogP contribution in [0.1, 0.15) is 20.7 Å². The van der Waals surface area contributed by atoms with E-state index in [0.29, 0.717) is 0 Å². The van der Waals surface area contributed by atoms with E-state index < -0.39 is 17.0 Å². The summed E-state index contributed by atoms with van der Waals surface area (Å²) in [5.74, 6) is -1.54. The van der Waals surface area contributed by atoms with Gasteiger partial charge in [-0.25, -0.2) is 9.37 Å². The van der Waals surface area contributed by atoms with Gasteiger partial charge in [0.05, 0.1) is 16.8 Å². The molecule has 0 unspecified atom stereocenters. The summed E-state index contributed by atoms with van der Waals surface area (Å²) in [6, 6.07) is 6.90. The van der Waals surface area contributed by atoms with E-state index in [1.54, 1.807) is 0 Å². The molecule has 4 nitrogen and oxygen atoms in total. The highest BCUT2D eigenvalue weighted by Gasteiger charge is 2.17. The highest BCUT2D eigenvalue weighted by atomic mass is 35.5. The van der Waals surface area contributed by atoms with Gasteiger partial charge in [-0.05, 0) is 35.9 Å². The van der Waals surface area contributed by atoms with Gasteiger partial charge in [0.1, 0.15) is 5.15 Å². The Bertz CT molecular complexity index is 692. The van der Waals surface area contributed by atoms with E-state index in [2.05, 4.69) is 10.3 Å². The molecule has 0 fully saturated rings. The second-order valence-corrected chi connectivity index (χ2v) is 4.44. The van der Waals surface area contributed by atoms with E-state index >= 15 is 0 Å². The van der Waals surface area contributed by atoms with E-state index in [4.69, 9.17) is 23.2 Å². The van der Waals surface area contributed by atoms with Crippen LogP contribution in [0.3, 0.4) is 0 Å². The van der Waals surface area contributed by atoms with Gasteiger partial charge in [0.25, 0.3) is 11.1 Å². The molecular formula is C13H7Cl2FN2O2. The third-order valence-electron chi connectivity index (χ3n) is 2.46. The molecule has 1 N–H and O–H groups in total. The van der Waals surface area contributed by atoms with E-state index in [0.717, 1.165) is 0 Å². The van der Waals surface area contributed by atoms with Gasteiger partial charge >= 0.3 is 0 Å². The first-order valence-corrected chi connectivity index (χ1v) is 6.16. The smallest absolute Gasteiger partial charge is 0.258 e. The average molecular weight is 313 g/mol. The Balaban J connectivity index is 2.32.